The number of alkyl halides is 3. The van der Waals surface area contributed by atoms with Crippen LogP contribution < -0.4 is 4.73 Å². The van der Waals surface area contributed by atoms with Crippen molar-refractivity contribution < 1.29 is 31.5 Å². The fourth-order valence-electron chi connectivity index (χ4n) is 2.52. The first kappa shape index (κ1) is 18.5. The minimum absolute atomic E-state index is 0.0145. The summed E-state index contributed by atoms with van der Waals surface area (Å²) in [6.07, 6.45) is -3.56. The van der Waals surface area contributed by atoms with E-state index in [2.05, 4.69) is 5.10 Å². The van der Waals surface area contributed by atoms with Crippen LogP contribution in [0.1, 0.15) is 21.6 Å². The molecular formula is C17H10F5N3O2. The summed E-state index contributed by atoms with van der Waals surface area (Å²) in [5.41, 5.74) is -1.58. The number of aromatic nitrogens is 3. The lowest BCUT2D eigenvalue weighted by molar-refractivity contribution is -0.603. The van der Waals surface area contributed by atoms with Gasteiger partial charge in [0, 0.05) is 17.7 Å². The fraction of sp³-hybridized carbons (Fsp3) is 0.118. The number of rotatable bonds is 4. The zero-order valence-corrected chi connectivity index (χ0v) is 13.4. The monoisotopic (exact) mass is 383 g/mol. The van der Waals surface area contributed by atoms with Crippen molar-refractivity contribution in [3.63, 3.8) is 0 Å². The molecule has 0 atom stereocenters. The predicted octanol–water partition coefficient (Wildman–Crippen LogP) is 3.23. The van der Waals surface area contributed by atoms with Gasteiger partial charge in [-0.2, -0.15) is 17.6 Å². The van der Waals surface area contributed by atoms with Gasteiger partial charge in [0.15, 0.2) is 11.6 Å². The van der Waals surface area contributed by atoms with Crippen molar-refractivity contribution in [3.8, 4) is 5.82 Å². The van der Waals surface area contributed by atoms with Crippen LogP contribution in [0.4, 0.5) is 22.0 Å². The van der Waals surface area contributed by atoms with Crippen molar-refractivity contribution in [1.82, 2.24) is 9.78 Å². The van der Waals surface area contributed by atoms with Gasteiger partial charge in [0.1, 0.15) is 12.4 Å². The molecule has 2 heterocycles. The summed E-state index contributed by atoms with van der Waals surface area (Å²) in [7, 11) is 0. The van der Waals surface area contributed by atoms with E-state index in [9.17, 15) is 32.0 Å². The first-order valence-corrected chi connectivity index (χ1v) is 7.49. The Morgan fingerprint density at radius 3 is 2.56 bits per heavy atom. The number of carbonyl (C=O) groups excluding carboxylic acids is 1. The largest absolute Gasteiger partial charge is 0.710 e. The van der Waals surface area contributed by atoms with Gasteiger partial charge in [-0.25, -0.2) is 9.12 Å². The van der Waals surface area contributed by atoms with Gasteiger partial charge in [-0.1, -0.05) is 23.3 Å². The highest BCUT2D eigenvalue weighted by Crippen LogP contribution is 2.32. The number of hydrogen-bond acceptors (Lipinski definition) is 3. The summed E-state index contributed by atoms with van der Waals surface area (Å²) in [6.45, 7) is 0. The molecule has 0 spiro atoms. The number of carbonyl (C=O) groups is 1. The van der Waals surface area contributed by atoms with E-state index in [4.69, 9.17) is 0 Å². The van der Waals surface area contributed by atoms with Crippen molar-refractivity contribution in [2.45, 2.75) is 12.6 Å². The third kappa shape index (κ3) is 3.78. The Morgan fingerprint density at radius 2 is 1.89 bits per heavy atom. The summed E-state index contributed by atoms with van der Waals surface area (Å²) < 4.78 is 66.5. The maximum absolute atomic E-state index is 13.8. The molecular weight excluding hydrogens is 373 g/mol. The Balaban J connectivity index is 1.89. The summed E-state index contributed by atoms with van der Waals surface area (Å²) in [4.78, 5) is 12.3. The Labute approximate surface area is 148 Å². The second-order valence-corrected chi connectivity index (χ2v) is 5.55. The zero-order chi connectivity index (χ0) is 19.8. The molecule has 3 rings (SSSR count). The van der Waals surface area contributed by atoms with Crippen molar-refractivity contribution in [3.05, 3.63) is 82.5 Å². The van der Waals surface area contributed by atoms with E-state index in [1.54, 1.807) is 0 Å². The smallest absolute Gasteiger partial charge is 0.417 e. The van der Waals surface area contributed by atoms with E-state index in [1.165, 1.54) is 18.2 Å². The standard InChI is InChI=1S/C17H10F5N3O2/c18-10-7-14(19)16(25(27)9-10)24-6-5-11(23-24)8-15(26)12-3-1-2-4-13(12)17(20,21)22/h1-7,9H,8H2. The molecule has 2 aromatic heterocycles. The number of pyridine rings is 1. The molecule has 27 heavy (non-hydrogen) atoms. The highest BCUT2D eigenvalue weighted by atomic mass is 19.4. The molecule has 0 saturated heterocycles. The lowest BCUT2D eigenvalue weighted by Crippen LogP contribution is -2.34. The third-order valence-electron chi connectivity index (χ3n) is 3.66. The van der Waals surface area contributed by atoms with E-state index >= 15 is 0 Å². The van der Waals surface area contributed by atoms with E-state index in [-0.39, 0.29) is 10.4 Å². The maximum atomic E-state index is 13.8. The number of hydrogen-bond donors (Lipinski definition) is 0. The van der Waals surface area contributed by atoms with Gasteiger partial charge < -0.3 is 5.21 Å². The summed E-state index contributed by atoms with van der Waals surface area (Å²) >= 11 is 0. The van der Waals surface area contributed by atoms with Gasteiger partial charge >= 0.3 is 12.0 Å². The van der Waals surface area contributed by atoms with Gasteiger partial charge in [-0.3, -0.25) is 4.79 Å². The van der Waals surface area contributed by atoms with E-state index < -0.39 is 47.0 Å². The average molecular weight is 383 g/mol. The van der Waals surface area contributed by atoms with Gasteiger partial charge in [0.05, 0.1) is 17.7 Å². The minimum Gasteiger partial charge on any atom is -0.710 e. The lowest BCUT2D eigenvalue weighted by Gasteiger charge is -2.11. The molecule has 0 unspecified atom stereocenters. The Kier molecular flexibility index (Phi) is 4.64. The van der Waals surface area contributed by atoms with Crippen LogP contribution in [0.15, 0.2) is 48.8 Å². The van der Waals surface area contributed by atoms with Crippen LogP contribution >= 0.6 is 0 Å². The SMILES string of the molecule is O=C(Cc1ccn(-c2c(F)cc(F)c[n+]2[O-])n1)c1ccccc1C(F)(F)F. The minimum atomic E-state index is -4.70. The Hall–Kier alpha value is -3.30. The maximum Gasteiger partial charge on any atom is 0.417 e. The van der Waals surface area contributed by atoms with Crippen LogP contribution in [0.2, 0.25) is 0 Å². The molecule has 10 heteroatoms. The number of benzene rings is 1. The summed E-state index contributed by atoms with van der Waals surface area (Å²) in [5, 5.41) is 15.5. The third-order valence-corrected chi connectivity index (χ3v) is 3.66. The van der Waals surface area contributed by atoms with Crippen LogP contribution in [0.25, 0.3) is 5.82 Å². The number of nitrogens with zero attached hydrogens (tertiary/aromatic N) is 3. The molecule has 0 bridgehead atoms. The molecule has 0 radical (unpaired) electrons. The molecule has 0 aliphatic heterocycles. The second kappa shape index (κ2) is 6.78. The highest BCUT2D eigenvalue weighted by molar-refractivity contribution is 5.98. The molecule has 0 aliphatic carbocycles. The van der Waals surface area contributed by atoms with Crippen LogP contribution in [-0.4, -0.2) is 15.6 Å². The molecule has 0 fully saturated rings. The van der Waals surface area contributed by atoms with Crippen LogP contribution in [0.5, 0.6) is 0 Å². The fourth-order valence-corrected chi connectivity index (χ4v) is 2.52. The summed E-state index contributed by atoms with van der Waals surface area (Å²) in [5.74, 6) is -3.75. The first-order valence-electron chi connectivity index (χ1n) is 7.49. The van der Waals surface area contributed by atoms with Crippen LogP contribution in [-0.2, 0) is 12.6 Å². The molecule has 5 nitrogen and oxygen atoms in total. The Morgan fingerprint density at radius 1 is 1.19 bits per heavy atom. The highest BCUT2D eigenvalue weighted by Gasteiger charge is 2.34. The lowest BCUT2D eigenvalue weighted by atomic mass is 10.0. The number of halogens is 5. The van der Waals surface area contributed by atoms with Gasteiger partial charge in [-0.05, 0) is 6.07 Å². The summed E-state index contributed by atoms with van der Waals surface area (Å²) in [6, 6.07) is 6.04. The van der Waals surface area contributed by atoms with Crippen molar-refractivity contribution in [1.29, 1.82) is 0 Å². The quantitative estimate of drug-likeness (QED) is 0.301. The van der Waals surface area contributed by atoms with Crippen LogP contribution in [0, 0.1) is 16.8 Å². The van der Waals surface area contributed by atoms with Gasteiger partial charge in [0.25, 0.3) is 0 Å². The van der Waals surface area contributed by atoms with Gasteiger partial charge in [-0.15, -0.1) is 4.68 Å². The zero-order valence-electron chi connectivity index (χ0n) is 13.4. The van der Waals surface area contributed by atoms with Crippen molar-refractivity contribution >= 4 is 5.78 Å². The van der Waals surface area contributed by atoms with Gasteiger partial charge in [0.2, 0.25) is 5.82 Å². The van der Waals surface area contributed by atoms with Crippen LogP contribution in [0.3, 0.4) is 0 Å². The molecule has 0 aliphatic rings. The van der Waals surface area contributed by atoms with E-state index in [1.807, 2.05) is 0 Å². The molecule has 0 amide bonds. The molecule has 140 valence electrons. The number of Topliss-reactive ketones (excluding diaryl/α,β-unsaturated/α-hetero) is 1. The topological polar surface area (TPSA) is 61.8 Å². The molecule has 3 aromatic rings. The van der Waals surface area contributed by atoms with E-state index in [0.29, 0.717) is 12.3 Å². The van der Waals surface area contributed by atoms with Crippen molar-refractivity contribution in [2.24, 2.45) is 0 Å². The Bertz CT molecular complexity index is 991. The first-order chi connectivity index (χ1) is 12.7. The molecule has 0 saturated carbocycles. The molecule has 0 N–H and O–H groups in total. The predicted molar refractivity (Wildman–Crippen MR) is 81.9 cm³/mol. The molecule has 1 aromatic carbocycles. The average Bonchev–Trinajstić information content (AvgIpc) is 3.01. The van der Waals surface area contributed by atoms with E-state index in [0.717, 1.165) is 23.0 Å². The van der Waals surface area contributed by atoms with Crippen molar-refractivity contribution in [2.75, 3.05) is 0 Å². The second-order valence-electron chi connectivity index (χ2n) is 5.55. The normalized spacial score (nSPS) is 11.6. The number of ketones is 1.